The Balaban J connectivity index is 1.49. The van der Waals surface area contributed by atoms with Crippen LogP contribution in [0.15, 0.2) is 36.4 Å². The van der Waals surface area contributed by atoms with Crippen molar-refractivity contribution in [2.45, 2.75) is 38.2 Å². The third kappa shape index (κ3) is 4.42. The number of benzene rings is 1. The maximum Gasteiger partial charge on any atom is 0.253 e. The highest BCUT2D eigenvalue weighted by Gasteiger charge is 2.23. The number of allylic oxidation sites excluding steroid dienone is 2. The lowest BCUT2D eigenvalue weighted by atomic mass is 10.1. The normalized spacial score (nSPS) is 23.0. The first-order valence-electron chi connectivity index (χ1n) is 8.20. The molecule has 0 aromatic heterocycles. The van der Waals surface area contributed by atoms with Gasteiger partial charge in [0.25, 0.3) is 5.91 Å². The molecular weight excluding hydrogens is 292 g/mol. The average molecular weight is 314 g/mol. The third-order valence-electron chi connectivity index (χ3n) is 4.22. The van der Waals surface area contributed by atoms with E-state index < -0.39 is 0 Å². The molecule has 1 fully saturated rings. The van der Waals surface area contributed by atoms with Crippen molar-refractivity contribution in [3.63, 3.8) is 0 Å². The van der Waals surface area contributed by atoms with Gasteiger partial charge in [0, 0.05) is 24.4 Å². The molecule has 0 saturated carbocycles. The number of ether oxygens (including phenoxy) is 1. The second-order valence-electron chi connectivity index (χ2n) is 6.09. The monoisotopic (exact) mass is 314 g/mol. The number of amides is 2. The van der Waals surface area contributed by atoms with Crippen molar-refractivity contribution in [3.05, 3.63) is 36.4 Å². The lowest BCUT2D eigenvalue weighted by Crippen LogP contribution is -2.26. The van der Waals surface area contributed by atoms with Crippen molar-refractivity contribution >= 4 is 23.2 Å². The Labute approximate surface area is 136 Å². The van der Waals surface area contributed by atoms with Crippen molar-refractivity contribution in [1.82, 2.24) is 0 Å². The van der Waals surface area contributed by atoms with Gasteiger partial charge in [0.1, 0.15) is 6.10 Å². The first kappa shape index (κ1) is 15.7. The van der Waals surface area contributed by atoms with Gasteiger partial charge in [-0.2, -0.15) is 0 Å². The second kappa shape index (κ2) is 7.42. The van der Waals surface area contributed by atoms with Crippen LogP contribution in [0.25, 0.3) is 0 Å². The Bertz CT molecular complexity index is 589. The highest BCUT2D eigenvalue weighted by atomic mass is 16.5. The summed E-state index contributed by atoms with van der Waals surface area (Å²) in [6.45, 7) is 0.652. The van der Waals surface area contributed by atoms with Crippen molar-refractivity contribution in [2.24, 2.45) is 5.92 Å². The van der Waals surface area contributed by atoms with E-state index in [9.17, 15) is 9.59 Å². The minimum Gasteiger partial charge on any atom is -0.368 e. The molecule has 2 aliphatic rings. The highest BCUT2D eigenvalue weighted by molar-refractivity contribution is 5.95. The van der Waals surface area contributed by atoms with Crippen LogP contribution in [0.5, 0.6) is 0 Å². The summed E-state index contributed by atoms with van der Waals surface area (Å²) in [6, 6.07) is 7.18. The molecule has 5 heteroatoms. The topological polar surface area (TPSA) is 67.4 Å². The zero-order chi connectivity index (χ0) is 16.1. The number of hydrogen-bond acceptors (Lipinski definition) is 3. The maximum absolute atomic E-state index is 12.0. The molecule has 1 aliphatic carbocycles. The van der Waals surface area contributed by atoms with Crippen LogP contribution < -0.4 is 10.6 Å². The van der Waals surface area contributed by atoms with Crippen molar-refractivity contribution in [2.75, 3.05) is 17.2 Å². The summed E-state index contributed by atoms with van der Waals surface area (Å²) >= 11 is 0. The van der Waals surface area contributed by atoms with Gasteiger partial charge < -0.3 is 15.4 Å². The van der Waals surface area contributed by atoms with Gasteiger partial charge in [0.15, 0.2) is 0 Å². The molecule has 1 aromatic carbocycles. The average Bonchev–Trinajstić information content (AvgIpc) is 3.22. The SMILES string of the molecule is O=C(CC1C=CCC1)Nc1ccc(NC(=O)C2CCCO2)cc1. The van der Waals surface area contributed by atoms with Crippen LogP contribution >= 0.6 is 0 Å². The van der Waals surface area contributed by atoms with Crippen molar-refractivity contribution in [1.29, 1.82) is 0 Å². The highest BCUT2D eigenvalue weighted by Crippen LogP contribution is 2.22. The molecule has 5 nitrogen and oxygen atoms in total. The minimum absolute atomic E-state index is 0.0256. The fourth-order valence-electron chi connectivity index (χ4n) is 2.96. The fourth-order valence-corrected chi connectivity index (χ4v) is 2.96. The summed E-state index contributed by atoms with van der Waals surface area (Å²) in [6.07, 6.45) is 8.25. The number of hydrogen-bond donors (Lipinski definition) is 2. The number of anilines is 2. The minimum atomic E-state index is -0.339. The summed E-state index contributed by atoms with van der Waals surface area (Å²) in [5.41, 5.74) is 1.45. The van der Waals surface area contributed by atoms with Gasteiger partial charge in [-0.25, -0.2) is 0 Å². The molecule has 1 heterocycles. The zero-order valence-electron chi connectivity index (χ0n) is 13.1. The Hall–Kier alpha value is -2.14. The van der Waals surface area contributed by atoms with E-state index in [4.69, 9.17) is 4.74 Å². The molecule has 3 rings (SSSR count). The summed E-state index contributed by atoms with van der Waals surface area (Å²) < 4.78 is 5.35. The van der Waals surface area contributed by atoms with Crippen LogP contribution in [-0.4, -0.2) is 24.5 Å². The Kier molecular flexibility index (Phi) is 5.08. The first-order chi connectivity index (χ1) is 11.2. The van der Waals surface area contributed by atoms with E-state index in [0.29, 0.717) is 24.6 Å². The third-order valence-corrected chi connectivity index (χ3v) is 4.22. The zero-order valence-corrected chi connectivity index (χ0v) is 13.1. The molecule has 1 saturated heterocycles. The predicted molar refractivity (Wildman–Crippen MR) is 89.2 cm³/mol. The number of carbonyl (C=O) groups is 2. The molecule has 2 amide bonds. The molecule has 122 valence electrons. The molecule has 2 N–H and O–H groups in total. The standard InChI is InChI=1S/C18H22N2O3/c21-17(12-13-4-1-2-5-13)19-14-7-9-15(10-8-14)20-18(22)16-6-3-11-23-16/h1,4,7-10,13,16H,2-3,5-6,11-12H2,(H,19,21)(H,20,22). The van der Waals surface area contributed by atoms with Gasteiger partial charge >= 0.3 is 0 Å². The molecule has 0 spiro atoms. The van der Waals surface area contributed by atoms with Crippen LogP contribution in [0.4, 0.5) is 11.4 Å². The largest absolute Gasteiger partial charge is 0.368 e. The molecule has 2 unspecified atom stereocenters. The lowest BCUT2D eigenvalue weighted by Gasteiger charge is -2.12. The Morgan fingerprint density at radius 1 is 1.09 bits per heavy atom. The molecule has 23 heavy (non-hydrogen) atoms. The predicted octanol–water partition coefficient (Wildman–Crippen LogP) is 3.10. The van der Waals surface area contributed by atoms with E-state index in [1.807, 2.05) is 0 Å². The van der Waals surface area contributed by atoms with E-state index in [1.165, 1.54) is 0 Å². The van der Waals surface area contributed by atoms with Crippen molar-refractivity contribution in [3.8, 4) is 0 Å². The van der Waals surface area contributed by atoms with Crippen LogP contribution in [0, 0.1) is 5.92 Å². The quantitative estimate of drug-likeness (QED) is 0.821. The van der Waals surface area contributed by atoms with Gasteiger partial charge in [-0.3, -0.25) is 9.59 Å². The van der Waals surface area contributed by atoms with Gasteiger partial charge in [0.05, 0.1) is 0 Å². The smallest absolute Gasteiger partial charge is 0.253 e. The van der Waals surface area contributed by atoms with E-state index in [1.54, 1.807) is 24.3 Å². The number of nitrogens with one attached hydrogen (secondary N) is 2. The summed E-state index contributed by atoms with van der Waals surface area (Å²) in [5.74, 6) is 0.282. The molecule has 1 aliphatic heterocycles. The first-order valence-corrected chi connectivity index (χ1v) is 8.20. The second-order valence-corrected chi connectivity index (χ2v) is 6.09. The van der Waals surface area contributed by atoms with Crippen LogP contribution in [0.3, 0.4) is 0 Å². The summed E-state index contributed by atoms with van der Waals surface area (Å²) in [5, 5.41) is 5.73. The fraction of sp³-hybridized carbons (Fsp3) is 0.444. The van der Waals surface area contributed by atoms with Gasteiger partial charge in [0.2, 0.25) is 5.91 Å². The number of carbonyl (C=O) groups excluding carboxylic acids is 2. The number of rotatable bonds is 5. The van der Waals surface area contributed by atoms with Gasteiger partial charge in [-0.05, 0) is 55.9 Å². The van der Waals surface area contributed by atoms with E-state index >= 15 is 0 Å². The van der Waals surface area contributed by atoms with E-state index in [2.05, 4.69) is 22.8 Å². The molecule has 0 bridgehead atoms. The van der Waals surface area contributed by atoms with Crippen molar-refractivity contribution < 1.29 is 14.3 Å². The van der Waals surface area contributed by atoms with Gasteiger partial charge in [-0.1, -0.05) is 12.2 Å². The maximum atomic E-state index is 12.0. The van der Waals surface area contributed by atoms with E-state index in [-0.39, 0.29) is 17.9 Å². The molecule has 0 radical (unpaired) electrons. The summed E-state index contributed by atoms with van der Waals surface area (Å²) in [4.78, 5) is 23.9. The van der Waals surface area contributed by atoms with Crippen LogP contribution in [0.1, 0.15) is 32.1 Å². The lowest BCUT2D eigenvalue weighted by molar-refractivity contribution is -0.124. The summed E-state index contributed by atoms with van der Waals surface area (Å²) in [7, 11) is 0. The Morgan fingerprint density at radius 3 is 2.43 bits per heavy atom. The van der Waals surface area contributed by atoms with Gasteiger partial charge in [-0.15, -0.1) is 0 Å². The molecular formula is C18H22N2O3. The van der Waals surface area contributed by atoms with Crippen LogP contribution in [0.2, 0.25) is 0 Å². The molecule has 1 aromatic rings. The Morgan fingerprint density at radius 2 is 1.83 bits per heavy atom. The molecule has 2 atom stereocenters. The van der Waals surface area contributed by atoms with Crippen LogP contribution in [-0.2, 0) is 14.3 Å². The van der Waals surface area contributed by atoms with E-state index in [0.717, 1.165) is 31.4 Å².